The van der Waals surface area contributed by atoms with E-state index in [1.807, 2.05) is 58.2 Å². The summed E-state index contributed by atoms with van der Waals surface area (Å²) in [6.07, 6.45) is 6.58. The lowest BCUT2D eigenvalue weighted by atomic mass is 10.1. The minimum atomic E-state index is -0.153. The van der Waals surface area contributed by atoms with Crippen LogP contribution < -0.4 is 20.1 Å². The predicted octanol–water partition coefficient (Wildman–Crippen LogP) is 5.63. The van der Waals surface area contributed by atoms with Gasteiger partial charge in [-0.05, 0) is 62.1 Å². The van der Waals surface area contributed by atoms with Gasteiger partial charge in [0, 0.05) is 55.4 Å². The fraction of sp³-hybridized carbons (Fsp3) is 0.483. The van der Waals surface area contributed by atoms with Crippen LogP contribution in [-0.2, 0) is 0 Å². The van der Waals surface area contributed by atoms with Crippen molar-refractivity contribution in [3.8, 4) is 17.2 Å². The fourth-order valence-corrected chi connectivity index (χ4v) is 4.26. The number of nitrogens with two attached hydrogens (primary N) is 1. The molecule has 1 saturated heterocycles. The highest BCUT2D eigenvalue weighted by Gasteiger charge is 2.20. The number of phenolic OH excluding ortho intramolecular Hbond substituents is 1. The van der Waals surface area contributed by atoms with E-state index < -0.39 is 0 Å². The molecule has 196 valence electrons. The fourth-order valence-electron chi connectivity index (χ4n) is 4.26. The lowest BCUT2D eigenvalue weighted by Crippen LogP contribution is -2.44. The number of anilines is 2. The number of nitrogens with zero attached hydrogens (tertiary/aromatic N) is 2. The highest BCUT2D eigenvalue weighted by molar-refractivity contribution is 6.05. The van der Waals surface area contributed by atoms with Crippen LogP contribution in [0.4, 0.5) is 11.4 Å². The van der Waals surface area contributed by atoms with Crippen molar-refractivity contribution in [2.45, 2.75) is 65.6 Å². The van der Waals surface area contributed by atoms with E-state index in [9.17, 15) is 9.90 Å². The summed E-state index contributed by atoms with van der Waals surface area (Å²) in [5.74, 6) is 0.384. The molecule has 0 unspecified atom stereocenters. The minimum absolute atomic E-state index is 0.0462. The number of benzene rings is 2. The molecule has 1 aliphatic rings. The molecule has 0 amide bonds. The number of phenols is 1. The molecular weight excluding hydrogens is 454 g/mol. The van der Waals surface area contributed by atoms with E-state index >= 15 is 0 Å². The summed E-state index contributed by atoms with van der Waals surface area (Å²) >= 11 is 0. The monoisotopic (exact) mass is 495 g/mol. The largest absolute Gasteiger partial charge is 0.502 e. The average molecular weight is 496 g/mol. The summed E-state index contributed by atoms with van der Waals surface area (Å²) in [6, 6.07) is 11.2. The van der Waals surface area contributed by atoms with E-state index in [-0.39, 0.29) is 23.7 Å². The van der Waals surface area contributed by atoms with Crippen LogP contribution in [0.25, 0.3) is 0 Å². The number of aromatic hydroxyl groups is 1. The van der Waals surface area contributed by atoms with Crippen LogP contribution in [0.15, 0.2) is 48.7 Å². The van der Waals surface area contributed by atoms with Gasteiger partial charge in [0.25, 0.3) is 0 Å². The van der Waals surface area contributed by atoms with Gasteiger partial charge in [0.1, 0.15) is 0 Å². The Balaban J connectivity index is 1.73. The van der Waals surface area contributed by atoms with Crippen molar-refractivity contribution in [3.63, 3.8) is 0 Å². The van der Waals surface area contributed by atoms with Gasteiger partial charge in [-0.2, -0.15) is 0 Å². The molecule has 0 radical (unpaired) electrons. The topological polar surface area (TPSA) is 88.3 Å². The summed E-state index contributed by atoms with van der Waals surface area (Å²) in [5, 5.41) is 10.8. The molecule has 0 saturated carbocycles. The number of nitrogen functional groups attached to an aromatic ring is 1. The summed E-state index contributed by atoms with van der Waals surface area (Å²) in [5.41, 5.74) is 8.15. The van der Waals surface area contributed by atoms with Crippen LogP contribution in [0, 0.1) is 0 Å². The van der Waals surface area contributed by atoms with Gasteiger partial charge in [-0.3, -0.25) is 4.79 Å². The zero-order valence-electron chi connectivity index (χ0n) is 22.1. The van der Waals surface area contributed by atoms with Gasteiger partial charge >= 0.3 is 0 Å². The molecule has 1 heterocycles. The zero-order valence-corrected chi connectivity index (χ0v) is 22.1. The second-order valence-corrected chi connectivity index (χ2v) is 9.23. The molecule has 0 aromatic heterocycles. The molecular formula is C29H41N3O4. The van der Waals surface area contributed by atoms with E-state index in [0.717, 1.165) is 63.2 Å². The van der Waals surface area contributed by atoms with Crippen LogP contribution >= 0.6 is 0 Å². The lowest BCUT2D eigenvalue weighted by molar-refractivity contribution is 0.104. The molecule has 2 aromatic carbocycles. The molecule has 36 heavy (non-hydrogen) atoms. The third-order valence-electron chi connectivity index (χ3n) is 6.74. The first-order chi connectivity index (χ1) is 17.4. The SMILES string of the molecule is CCC(CC)Oc1cc(C(=O)C=CN2CCN(c3ccc(N)cc3)CC2)cc(OC(CC)CC)c1O. The number of hydrogen-bond donors (Lipinski definition) is 2. The Bertz CT molecular complexity index is 971. The first kappa shape index (κ1) is 27.2. The van der Waals surface area contributed by atoms with Gasteiger partial charge in [-0.15, -0.1) is 0 Å². The van der Waals surface area contributed by atoms with Crippen molar-refractivity contribution in [1.29, 1.82) is 0 Å². The van der Waals surface area contributed by atoms with Crippen molar-refractivity contribution < 1.29 is 19.4 Å². The first-order valence-corrected chi connectivity index (χ1v) is 13.2. The van der Waals surface area contributed by atoms with Crippen molar-refractivity contribution in [1.82, 2.24) is 4.90 Å². The Morgan fingerprint density at radius 3 is 1.89 bits per heavy atom. The van der Waals surface area contributed by atoms with Gasteiger partial charge in [0.05, 0.1) is 12.2 Å². The molecule has 1 aliphatic heterocycles. The number of piperazine rings is 1. The molecule has 2 aromatic rings. The molecule has 3 N–H and O–H groups in total. The Labute approximate surface area is 215 Å². The summed E-state index contributed by atoms with van der Waals surface area (Å²) in [6.45, 7) is 11.5. The number of ketones is 1. The molecule has 0 spiro atoms. The summed E-state index contributed by atoms with van der Waals surface area (Å²) in [4.78, 5) is 17.6. The van der Waals surface area contributed by atoms with Crippen molar-refractivity contribution >= 4 is 17.2 Å². The van der Waals surface area contributed by atoms with Crippen molar-refractivity contribution in [2.75, 3.05) is 36.8 Å². The Kier molecular flexibility index (Phi) is 9.91. The number of allylic oxidation sites excluding steroid dienone is 1. The van der Waals surface area contributed by atoms with Crippen LogP contribution in [0.1, 0.15) is 63.7 Å². The van der Waals surface area contributed by atoms with Crippen LogP contribution in [0.2, 0.25) is 0 Å². The van der Waals surface area contributed by atoms with E-state index in [4.69, 9.17) is 15.2 Å². The highest BCUT2D eigenvalue weighted by atomic mass is 16.5. The Morgan fingerprint density at radius 1 is 0.917 bits per heavy atom. The van der Waals surface area contributed by atoms with E-state index in [0.29, 0.717) is 17.1 Å². The van der Waals surface area contributed by atoms with Crippen LogP contribution in [-0.4, -0.2) is 54.2 Å². The second-order valence-electron chi connectivity index (χ2n) is 9.23. The maximum absolute atomic E-state index is 13.1. The number of carbonyl (C=O) groups is 1. The average Bonchev–Trinajstić information content (AvgIpc) is 2.91. The van der Waals surface area contributed by atoms with Gasteiger partial charge in [0.2, 0.25) is 5.75 Å². The second kappa shape index (κ2) is 13.1. The quantitative estimate of drug-likeness (QED) is 0.224. The Morgan fingerprint density at radius 2 is 1.42 bits per heavy atom. The summed E-state index contributed by atoms with van der Waals surface area (Å²) < 4.78 is 12.1. The highest BCUT2D eigenvalue weighted by Crippen LogP contribution is 2.39. The van der Waals surface area contributed by atoms with Gasteiger partial charge in [-0.1, -0.05) is 27.7 Å². The first-order valence-electron chi connectivity index (χ1n) is 13.2. The van der Waals surface area contributed by atoms with Crippen molar-refractivity contribution in [2.24, 2.45) is 0 Å². The number of rotatable bonds is 12. The third-order valence-corrected chi connectivity index (χ3v) is 6.74. The van der Waals surface area contributed by atoms with Crippen LogP contribution in [0.3, 0.4) is 0 Å². The molecule has 7 nitrogen and oxygen atoms in total. The molecule has 7 heteroatoms. The Hall–Kier alpha value is -3.35. The van der Waals surface area contributed by atoms with Gasteiger partial charge in [0.15, 0.2) is 17.3 Å². The number of carbonyl (C=O) groups excluding carboxylic acids is 1. The van der Waals surface area contributed by atoms with Crippen molar-refractivity contribution in [3.05, 3.63) is 54.2 Å². The van der Waals surface area contributed by atoms with Crippen LogP contribution in [0.5, 0.6) is 17.2 Å². The standard InChI is InChI=1S/C29H41N3O4/c1-5-24(6-2)35-27-19-21(20-28(29(27)34)36-25(7-3)8-4)26(33)13-14-31-15-17-32(18-16-31)23-11-9-22(30)10-12-23/h9-14,19-20,24-25,34H,5-8,15-18,30H2,1-4H3. The number of hydrogen-bond acceptors (Lipinski definition) is 7. The lowest BCUT2D eigenvalue weighted by Gasteiger charge is -2.35. The maximum atomic E-state index is 13.1. The number of ether oxygens (including phenoxy) is 2. The smallest absolute Gasteiger partial charge is 0.200 e. The van der Waals surface area contributed by atoms with E-state index in [2.05, 4.69) is 9.80 Å². The van der Waals surface area contributed by atoms with E-state index in [1.54, 1.807) is 18.2 Å². The third kappa shape index (κ3) is 7.09. The van der Waals surface area contributed by atoms with Gasteiger partial charge in [-0.25, -0.2) is 0 Å². The molecule has 0 atom stereocenters. The molecule has 0 aliphatic carbocycles. The molecule has 1 fully saturated rings. The molecule has 3 rings (SSSR count). The minimum Gasteiger partial charge on any atom is -0.502 e. The molecule has 0 bridgehead atoms. The maximum Gasteiger partial charge on any atom is 0.200 e. The van der Waals surface area contributed by atoms with E-state index in [1.165, 1.54) is 0 Å². The normalized spacial score (nSPS) is 14.2. The van der Waals surface area contributed by atoms with Gasteiger partial charge < -0.3 is 30.1 Å². The summed E-state index contributed by atoms with van der Waals surface area (Å²) in [7, 11) is 0. The zero-order chi connectivity index (χ0) is 26.1. The predicted molar refractivity (Wildman–Crippen MR) is 146 cm³/mol.